The first kappa shape index (κ1) is 46.2. The van der Waals surface area contributed by atoms with Crippen LogP contribution in [0.3, 0.4) is 0 Å². The fraction of sp³-hybridized carbons (Fsp3) is 0.956. The van der Waals surface area contributed by atoms with Crippen LogP contribution in [0.1, 0.15) is 92.4 Å². The maximum Gasteiger partial charge on any atom is 0.187 e. The Kier molecular flexibility index (Phi) is 12.9. The van der Waals surface area contributed by atoms with E-state index in [2.05, 4.69) is 39.1 Å². The van der Waals surface area contributed by atoms with Crippen molar-refractivity contribution in [1.29, 1.82) is 0 Å². The highest BCUT2D eigenvalue weighted by Gasteiger charge is 2.68. The van der Waals surface area contributed by atoms with E-state index in [-0.39, 0.29) is 22.7 Å². The summed E-state index contributed by atoms with van der Waals surface area (Å²) in [5.41, 5.74) is 1.32. The third-order valence-corrected chi connectivity index (χ3v) is 17.9. The molecule has 9 aliphatic rings. The van der Waals surface area contributed by atoms with Gasteiger partial charge in [-0.3, -0.25) is 5.32 Å². The quantitative estimate of drug-likeness (QED) is 0.142. The Hall–Kier alpha value is -0.940. The molecule has 0 bridgehead atoms. The van der Waals surface area contributed by atoms with Crippen LogP contribution in [-0.4, -0.2) is 176 Å². The van der Waals surface area contributed by atoms with Crippen LogP contribution >= 0.6 is 0 Å². The molecule has 17 heteroatoms. The molecule has 0 aromatic carbocycles. The number of piperidine rings is 1. The van der Waals surface area contributed by atoms with E-state index in [0.717, 1.165) is 38.6 Å². The summed E-state index contributed by atoms with van der Waals surface area (Å²) in [7, 11) is 0. The highest BCUT2D eigenvalue weighted by molar-refractivity contribution is 5.26. The van der Waals surface area contributed by atoms with Crippen molar-refractivity contribution < 1.29 is 79.1 Å². The minimum Gasteiger partial charge on any atom is -0.394 e. The Bertz CT molecular complexity index is 1610. The molecule has 5 aliphatic heterocycles. The first-order valence-corrected chi connectivity index (χ1v) is 23.5. The molecule has 0 unspecified atom stereocenters. The van der Waals surface area contributed by atoms with E-state index in [9.17, 15) is 46.0 Å². The van der Waals surface area contributed by atoms with Crippen molar-refractivity contribution in [3.05, 3.63) is 11.6 Å². The third kappa shape index (κ3) is 7.49. The van der Waals surface area contributed by atoms with Crippen molar-refractivity contribution in [3.8, 4) is 0 Å². The first-order valence-electron chi connectivity index (χ1n) is 23.5. The highest BCUT2D eigenvalue weighted by Crippen LogP contribution is 2.70. The molecule has 5 heterocycles. The predicted molar refractivity (Wildman–Crippen MR) is 216 cm³/mol. The first-order chi connectivity index (χ1) is 29.4. The second-order valence-electron chi connectivity index (χ2n) is 21.2. The topological polar surface area (TPSA) is 259 Å². The van der Waals surface area contributed by atoms with E-state index in [1.54, 1.807) is 0 Å². The average molecular weight is 884 g/mol. The average Bonchev–Trinajstić information content (AvgIpc) is 3.70. The van der Waals surface area contributed by atoms with Gasteiger partial charge in [-0.1, -0.05) is 39.3 Å². The van der Waals surface area contributed by atoms with E-state index < -0.39 is 111 Å². The van der Waals surface area contributed by atoms with Crippen LogP contribution in [0.15, 0.2) is 11.6 Å². The van der Waals surface area contributed by atoms with E-state index in [0.29, 0.717) is 48.3 Å². The van der Waals surface area contributed by atoms with Crippen LogP contribution in [0.4, 0.5) is 0 Å². The van der Waals surface area contributed by atoms with Gasteiger partial charge >= 0.3 is 0 Å². The summed E-state index contributed by atoms with van der Waals surface area (Å²) in [6.07, 6.45) is -11.9. The molecule has 4 aliphatic carbocycles. The van der Waals surface area contributed by atoms with Crippen LogP contribution in [0.5, 0.6) is 0 Å². The van der Waals surface area contributed by atoms with Gasteiger partial charge in [0.2, 0.25) is 0 Å². The van der Waals surface area contributed by atoms with Gasteiger partial charge in [-0.05, 0) is 105 Å². The summed E-state index contributed by atoms with van der Waals surface area (Å²) in [4.78, 5) is 0. The van der Waals surface area contributed by atoms with Crippen molar-refractivity contribution in [2.24, 2.45) is 46.3 Å². The number of hydrogen-bond acceptors (Lipinski definition) is 17. The van der Waals surface area contributed by atoms with Crippen LogP contribution < -0.4 is 5.32 Å². The lowest BCUT2D eigenvalue weighted by atomic mass is 9.47. The maximum absolute atomic E-state index is 11.6. The molecular weight excluding hydrogens is 810 g/mol. The van der Waals surface area contributed by atoms with Crippen molar-refractivity contribution in [2.45, 2.75) is 202 Å². The monoisotopic (exact) mass is 883 g/mol. The molecule has 3 saturated carbocycles. The number of allylic oxidation sites excluding steroid dienone is 1. The lowest BCUT2D eigenvalue weighted by Crippen LogP contribution is -2.67. The van der Waals surface area contributed by atoms with Gasteiger partial charge in [0.1, 0.15) is 72.9 Å². The molecule has 9 rings (SSSR count). The zero-order valence-electron chi connectivity index (χ0n) is 36.7. The summed E-state index contributed by atoms with van der Waals surface area (Å²) in [5, 5.41) is 99.7. The molecule has 26 atom stereocenters. The fourth-order valence-electron chi connectivity index (χ4n) is 14.2. The molecule has 62 heavy (non-hydrogen) atoms. The lowest BCUT2D eigenvalue weighted by Gasteiger charge is -2.59. The van der Waals surface area contributed by atoms with Gasteiger partial charge in [0.05, 0.1) is 31.5 Å². The minimum absolute atomic E-state index is 0.0361. The number of ether oxygens (including phenoxy) is 7. The Morgan fingerprint density at radius 3 is 2.05 bits per heavy atom. The summed E-state index contributed by atoms with van der Waals surface area (Å²) in [6.45, 7) is 10.8. The van der Waals surface area contributed by atoms with E-state index in [1.165, 1.54) is 25.3 Å². The van der Waals surface area contributed by atoms with Gasteiger partial charge in [0.15, 0.2) is 18.9 Å². The van der Waals surface area contributed by atoms with Crippen molar-refractivity contribution >= 4 is 0 Å². The largest absolute Gasteiger partial charge is 0.394 e. The number of aliphatic hydroxyl groups is 9. The van der Waals surface area contributed by atoms with Crippen LogP contribution in [-0.2, 0) is 33.2 Å². The molecule has 0 radical (unpaired) electrons. The zero-order valence-corrected chi connectivity index (χ0v) is 36.7. The summed E-state index contributed by atoms with van der Waals surface area (Å²) in [6, 6.07) is 0. The number of aliphatic hydroxyl groups excluding tert-OH is 9. The van der Waals surface area contributed by atoms with Crippen LogP contribution in [0.2, 0.25) is 0 Å². The highest BCUT2D eigenvalue weighted by atomic mass is 16.8. The molecule has 0 aromatic rings. The minimum atomic E-state index is -1.84. The fourth-order valence-corrected chi connectivity index (χ4v) is 14.2. The standard InChI is InChI=1S/C45H73NO16/c1-19-8-13-45(46-16-19)20(2)30-27(62-45)15-26-24-7-6-22-14-23(9-11-43(22,4)25(24)10-12-44(26,30)5)57-42-39(61-40-36(54)34(52)31(49)21(3)56-40)38(33(51)29(18-48)59-42)60-41-37(55)35(53)32(50)28(17-47)58-41/h6,19-21,23-42,46-55H,7-18H2,1-5H3/t19-,20+,21+,23+,24-,25+,26+,27+,28-,29+,30+,31+,32+,33+,34+,35+,36-,37+,38+,39+,40+,41+,42+,43+,44+,45-/m1/s1. The van der Waals surface area contributed by atoms with Gasteiger partial charge in [-0.15, -0.1) is 0 Å². The number of nitrogens with one attached hydrogen (secondary N) is 1. The molecule has 17 nitrogen and oxygen atoms in total. The second kappa shape index (κ2) is 17.3. The number of fused-ring (bicyclic) bond motifs is 7. The number of hydrogen-bond donors (Lipinski definition) is 10. The van der Waals surface area contributed by atoms with Crippen molar-refractivity contribution in [3.63, 3.8) is 0 Å². The molecule has 0 aromatic heterocycles. The van der Waals surface area contributed by atoms with Gasteiger partial charge in [-0.25, -0.2) is 0 Å². The SMILES string of the molecule is C[C@@H]1CC[C@@]2(NC1)O[C@H]1C[C@H]3[C@@H]4CC=C5C[C@@H](O[C@H]6O[C@@H](CO)[C@H](O)[C@H](O[C@@H]7O[C@H](CO)[C@H](O)[C@H](O)[C@@H]7O)[C@@H]6O[C@@H]6O[C@@H](C)[C@H](O)[C@H](O)[C@H]6O)CC[C@]5(C)[C@H]4CC[C@]3(C)[C@H]1[C@@H]2C. The van der Waals surface area contributed by atoms with Gasteiger partial charge < -0.3 is 79.1 Å². The Morgan fingerprint density at radius 1 is 0.694 bits per heavy atom. The molecule has 354 valence electrons. The summed E-state index contributed by atoms with van der Waals surface area (Å²) < 4.78 is 43.9. The summed E-state index contributed by atoms with van der Waals surface area (Å²) >= 11 is 0. The third-order valence-electron chi connectivity index (χ3n) is 17.9. The van der Waals surface area contributed by atoms with Gasteiger partial charge in [0.25, 0.3) is 0 Å². The second-order valence-corrected chi connectivity index (χ2v) is 21.2. The molecule has 0 amide bonds. The van der Waals surface area contributed by atoms with E-state index >= 15 is 0 Å². The molecular formula is C45H73NO16. The van der Waals surface area contributed by atoms with Crippen molar-refractivity contribution in [2.75, 3.05) is 19.8 Å². The maximum atomic E-state index is 11.6. The molecule has 5 saturated heterocycles. The molecule has 1 spiro atoms. The van der Waals surface area contributed by atoms with Crippen LogP contribution in [0, 0.1) is 46.3 Å². The van der Waals surface area contributed by atoms with E-state index in [4.69, 9.17) is 33.2 Å². The molecule has 10 N–H and O–H groups in total. The van der Waals surface area contributed by atoms with E-state index in [1.807, 2.05) is 0 Å². The Balaban J connectivity index is 0.940. The van der Waals surface area contributed by atoms with Gasteiger partial charge in [0, 0.05) is 12.5 Å². The van der Waals surface area contributed by atoms with Gasteiger partial charge in [-0.2, -0.15) is 0 Å². The number of rotatable bonds is 8. The van der Waals surface area contributed by atoms with Crippen LogP contribution in [0.25, 0.3) is 0 Å². The van der Waals surface area contributed by atoms with Crippen molar-refractivity contribution in [1.82, 2.24) is 5.32 Å². The lowest BCUT2D eigenvalue weighted by molar-refractivity contribution is -0.394. The smallest absolute Gasteiger partial charge is 0.187 e. The molecule has 8 fully saturated rings. The summed E-state index contributed by atoms with van der Waals surface area (Å²) in [5.74, 6) is 3.32. The Labute approximate surface area is 364 Å². The zero-order chi connectivity index (χ0) is 44.2. The Morgan fingerprint density at radius 2 is 1.35 bits per heavy atom. The normalized spacial score (nSPS) is 57.6. The predicted octanol–water partition coefficient (Wildman–Crippen LogP) is -0.213.